The number of phenols is 2. The van der Waals surface area contributed by atoms with Crippen LogP contribution in [-0.4, -0.2) is 40.3 Å². The Balaban J connectivity index is 1.49. The quantitative estimate of drug-likeness (QED) is 0.186. The molecule has 0 aliphatic rings. The maximum absolute atomic E-state index is 13.6. The second-order valence-corrected chi connectivity index (χ2v) is 9.65. The molecule has 4 aromatic carbocycles. The average Bonchev–Trinajstić information content (AvgIpc) is 3.01. The SMILES string of the molecule is O=C(N[C@@H](Cc1ccc(O)cc1)C(=O)N[C@@H](Cc1ccc(O)cc1)C(=O)OCc1ccccc1)OCc1ccccc1. The van der Waals surface area contributed by atoms with E-state index >= 15 is 0 Å². The summed E-state index contributed by atoms with van der Waals surface area (Å²) in [6.45, 7) is 0.0259. The number of aromatic hydroxyl groups is 2. The summed E-state index contributed by atoms with van der Waals surface area (Å²) >= 11 is 0. The van der Waals surface area contributed by atoms with Gasteiger partial charge in [0.25, 0.3) is 0 Å². The van der Waals surface area contributed by atoms with E-state index in [2.05, 4.69) is 10.6 Å². The van der Waals surface area contributed by atoms with Crippen molar-refractivity contribution in [2.75, 3.05) is 0 Å². The van der Waals surface area contributed by atoms with E-state index in [1.54, 1.807) is 24.3 Å². The number of hydrogen-bond donors (Lipinski definition) is 4. The van der Waals surface area contributed by atoms with Crippen molar-refractivity contribution in [1.82, 2.24) is 10.6 Å². The summed E-state index contributed by atoms with van der Waals surface area (Å²) in [7, 11) is 0. The van der Waals surface area contributed by atoms with E-state index in [1.165, 1.54) is 24.3 Å². The summed E-state index contributed by atoms with van der Waals surface area (Å²) in [6, 6.07) is 28.5. The molecule has 0 bridgehead atoms. The number of rotatable bonds is 12. The van der Waals surface area contributed by atoms with Crippen molar-refractivity contribution < 1.29 is 34.1 Å². The summed E-state index contributed by atoms with van der Waals surface area (Å²) in [6.07, 6.45) is -0.652. The van der Waals surface area contributed by atoms with Crippen LogP contribution in [0.4, 0.5) is 4.79 Å². The van der Waals surface area contributed by atoms with E-state index in [4.69, 9.17) is 9.47 Å². The Kier molecular flexibility index (Phi) is 10.5. The van der Waals surface area contributed by atoms with Crippen molar-refractivity contribution in [3.05, 3.63) is 131 Å². The minimum Gasteiger partial charge on any atom is -0.508 e. The number of carbonyl (C=O) groups is 3. The van der Waals surface area contributed by atoms with Crippen LogP contribution in [0, 0.1) is 0 Å². The van der Waals surface area contributed by atoms with Crippen molar-refractivity contribution in [3.63, 3.8) is 0 Å². The molecular weight excluding hydrogens is 536 g/mol. The number of benzene rings is 4. The Hall–Kier alpha value is -5.31. The van der Waals surface area contributed by atoms with Crippen molar-refractivity contribution >= 4 is 18.0 Å². The molecular formula is C33H32N2O7. The maximum Gasteiger partial charge on any atom is 0.408 e. The highest BCUT2D eigenvalue weighted by Crippen LogP contribution is 2.15. The van der Waals surface area contributed by atoms with Crippen LogP contribution in [-0.2, 0) is 45.1 Å². The number of ether oxygens (including phenoxy) is 2. The van der Waals surface area contributed by atoms with Crippen LogP contribution in [0.5, 0.6) is 11.5 Å². The Morgan fingerprint density at radius 2 is 1.00 bits per heavy atom. The molecule has 2 amide bonds. The van der Waals surface area contributed by atoms with Gasteiger partial charge < -0.3 is 30.3 Å². The van der Waals surface area contributed by atoms with Crippen molar-refractivity contribution in [2.45, 2.75) is 38.1 Å². The van der Waals surface area contributed by atoms with Crippen LogP contribution in [0.1, 0.15) is 22.3 Å². The molecule has 0 fully saturated rings. The highest BCUT2D eigenvalue weighted by molar-refractivity contribution is 5.90. The Labute approximate surface area is 243 Å². The lowest BCUT2D eigenvalue weighted by Gasteiger charge is -2.23. The van der Waals surface area contributed by atoms with Gasteiger partial charge in [-0.1, -0.05) is 84.9 Å². The molecule has 4 rings (SSSR count). The van der Waals surface area contributed by atoms with Gasteiger partial charge in [-0.25, -0.2) is 9.59 Å². The van der Waals surface area contributed by atoms with E-state index in [-0.39, 0.29) is 37.6 Å². The number of hydrogen-bond acceptors (Lipinski definition) is 7. The monoisotopic (exact) mass is 568 g/mol. The van der Waals surface area contributed by atoms with Crippen molar-refractivity contribution in [1.29, 1.82) is 0 Å². The molecule has 0 saturated heterocycles. The normalized spacial score (nSPS) is 12.0. The molecule has 4 aromatic rings. The van der Waals surface area contributed by atoms with Crippen LogP contribution < -0.4 is 10.6 Å². The summed E-state index contributed by atoms with van der Waals surface area (Å²) < 4.78 is 10.9. The van der Waals surface area contributed by atoms with Crippen LogP contribution in [0.25, 0.3) is 0 Å². The fourth-order valence-corrected chi connectivity index (χ4v) is 4.15. The van der Waals surface area contributed by atoms with Gasteiger partial charge in [-0.3, -0.25) is 4.79 Å². The van der Waals surface area contributed by atoms with Gasteiger partial charge >= 0.3 is 12.1 Å². The van der Waals surface area contributed by atoms with Crippen molar-refractivity contribution in [2.24, 2.45) is 0 Å². The highest BCUT2D eigenvalue weighted by atomic mass is 16.5. The number of carbonyl (C=O) groups excluding carboxylic acids is 3. The van der Waals surface area contributed by atoms with Gasteiger partial charge in [0, 0.05) is 12.8 Å². The molecule has 9 heteroatoms. The van der Waals surface area contributed by atoms with Gasteiger partial charge in [-0.15, -0.1) is 0 Å². The van der Waals surface area contributed by atoms with Gasteiger partial charge in [-0.05, 0) is 46.5 Å². The molecule has 0 saturated carbocycles. The lowest BCUT2D eigenvalue weighted by molar-refractivity contribution is -0.149. The molecule has 0 unspecified atom stereocenters. The molecule has 9 nitrogen and oxygen atoms in total. The van der Waals surface area contributed by atoms with E-state index in [1.807, 2.05) is 60.7 Å². The second kappa shape index (κ2) is 14.9. The fraction of sp³-hybridized carbons (Fsp3) is 0.182. The number of esters is 1. The Morgan fingerprint density at radius 1 is 0.548 bits per heavy atom. The molecule has 42 heavy (non-hydrogen) atoms. The molecule has 216 valence electrons. The lowest BCUT2D eigenvalue weighted by Crippen LogP contribution is -2.53. The minimum absolute atomic E-state index is 0.00944. The summed E-state index contributed by atoms with van der Waals surface area (Å²) in [5.41, 5.74) is 2.91. The number of amides is 2. The molecule has 0 heterocycles. The molecule has 0 aromatic heterocycles. The molecule has 0 spiro atoms. The highest BCUT2D eigenvalue weighted by Gasteiger charge is 2.29. The predicted molar refractivity (Wildman–Crippen MR) is 155 cm³/mol. The van der Waals surface area contributed by atoms with Gasteiger partial charge in [-0.2, -0.15) is 0 Å². The smallest absolute Gasteiger partial charge is 0.408 e. The topological polar surface area (TPSA) is 134 Å². The fourth-order valence-electron chi connectivity index (χ4n) is 4.15. The minimum atomic E-state index is -1.11. The predicted octanol–water partition coefficient (Wildman–Crippen LogP) is 4.41. The van der Waals surface area contributed by atoms with Gasteiger partial charge in [0.05, 0.1) is 0 Å². The average molecular weight is 569 g/mol. The van der Waals surface area contributed by atoms with Crippen LogP contribution in [0.15, 0.2) is 109 Å². The van der Waals surface area contributed by atoms with Gasteiger partial charge in [0.15, 0.2) is 0 Å². The first-order valence-corrected chi connectivity index (χ1v) is 13.4. The maximum atomic E-state index is 13.6. The molecule has 0 radical (unpaired) electrons. The number of phenolic OH excluding ortho intramolecular Hbond substituents is 2. The van der Waals surface area contributed by atoms with Gasteiger partial charge in [0.2, 0.25) is 5.91 Å². The first-order valence-electron chi connectivity index (χ1n) is 13.4. The Morgan fingerprint density at radius 3 is 1.50 bits per heavy atom. The second-order valence-electron chi connectivity index (χ2n) is 9.65. The van der Waals surface area contributed by atoms with E-state index in [0.29, 0.717) is 11.1 Å². The van der Waals surface area contributed by atoms with E-state index in [0.717, 1.165) is 11.1 Å². The van der Waals surface area contributed by atoms with E-state index in [9.17, 15) is 24.6 Å². The van der Waals surface area contributed by atoms with Crippen LogP contribution in [0.2, 0.25) is 0 Å². The zero-order valence-electron chi connectivity index (χ0n) is 22.8. The summed E-state index contributed by atoms with van der Waals surface area (Å²) in [5.74, 6) is -1.15. The largest absolute Gasteiger partial charge is 0.508 e. The van der Waals surface area contributed by atoms with Crippen LogP contribution in [0.3, 0.4) is 0 Å². The first-order chi connectivity index (χ1) is 20.4. The third-order valence-corrected chi connectivity index (χ3v) is 6.40. The summed E-state index contributed by atoms with van der Waals surface area (Å²) in [5, 5.41) is 24.6. The lowest BCUT2D eigenvalue weighted by atomic mass is 10.0. The van der Waals surface area contributed by atoms with Gasteiger partial charge in [0.1, 0.15) is 36.8 Å². The summed E-state index contributed by atoms with van der Waals surface area (Å²) in [4.78, 5) is 39.5. The standard InChI is InChI=1S/C33H32N2O7/c36-27-15-11-23(12-16-27)19-29(35-33(40)42-22-26-9-5-2-6-10-26)31(38)34-30(20-24-13-17-28(37)18-14-24)32(39)41-21-25-7-3-1-4-8-25/h1-18,29-30,36-37H,19-22H2,(H,34,38)(H,35,40)/t29-,30-/m0/s1. The van der Waals surface area contributed by atoms with Crippen molar-refractivity contribution in [3.8, 4) is 11.5 Å². The first kappa shape index (κ1) is 29.7. The third-order valence-electron chi connectivity index (χ3n) is 6.40. The zero-order valence-corrected chi connectivity index (χ0v) is 22.8. The molecule has 2 atom stereocenters. The number of alkyl carbamates (subject to hydrolysis) is 1. The molecule has 4 N–H and O–H groups in total. The Bertz CT molecular complexity index is 1440. The van der Waals surface area contributed by atoms with Crippen LogP contribution >= 0.6 is 0 Å². The molecule has 0 aliphatic heterocycles. The third kappa shape index (κ3) is 9.41. The zero-order chi connectivity index (χ0) is 29.7. The number of nitrogens with one attached hydrogen (secondary N) is 2. The van der Waals surface area contributed by atoms with E-state index < -0.39 is 30.1 Å². The molecule has 0 aliphatic carbocycles.